The fourth-order valence-corrected chi connectivity index (χ4v) is 1.64. The molecule has 6 heteroatoms. The van der Waals surface area contributed by atoms with E-state index in [1.54, 1.807) is 24.3 Å². The SMILES string of the molecule is CCCCOCCOCCOc1ccccc1C(=O)NN. The van der Waals surface area contributed by atoms with Crippen LogP contribution in [0.2, 0.25) is 0 Å². The van der Waals surface area contributed by atoms with E-state index in [1.807, 2.05) is 0 Å². The number of rotatable bonds is 11. The standard InChI is InChI=1S/C15H24N2O4/c1-2-3-8-19-9-10-20-11-12-21-14-7-5-4-6-13(14)15(18)17-16/h4-7H,2-3,8-12,16H2,1H3,(H,17,18). The van der Waals surface area contributed by atoms with Crippen molar-refractivity contribution in [2.75, 3.05) is 33.0 Å². The zero-order valence-corrected chi connectivity index (χ0v) is 12.5. The third-order valence-electron chi connectivity index (χ3n) is 2.76. The van der Waals surface area contributed by atoms with Gasteiger partial charge in [-0.2, -0.15) is 0 Å². The van der Waals surface area contributed by atoms with Crippen LogP contribution in [0.25, 0.3) is 0 Å². The molecule has 0 bridgehead atoms. The molecule has 0 atom stereocenters. The number of benzene rings is 1. The van der Waals surface area contributed by atoms with Gasteiger partial charge in [0.2, 0.25) is 0 Å². The lowest BCUT2D eigenvalue weighted by Gasteiger charge is -2.10. The zero-order chi connectivity index (χ0) is 15.3. The second-order valence-corrected chi connectivity index (χ2v) is 4.40. The van der Waals surface area contributed by atoms with Gasteiger partial charge in [0.1, 0.15) is 12.4 Å². The lowest BCUT2D eigenvalue weighted by molar-refractivity contribution is 0.0354. The monoisotopic (exact) mass is 296 g/mol. The summed E-state index contributed by atoms with van der Waals surface area (Å²) in [5, 5.41) is 0. The minimum atomic E-state index is -0.379. The number of ether oxygens (including phenoxy) is 3. The summed E-state index contributed by atoms with van der Waals surface area (Å²) in [6.07, 6.45) is 2.20. The van der Waals surface area contributed by atoms with Crippen LogP contribution in [0, 0.1) is 0 Å². The van der Waals surface area contributed by atoms with E-state index < -0.39 is 0 Å². The average Bonchev–Trinajstić information content (AvgIpc) is 2.53. The van der Waals surface area contributed by atoms with Crippen LogP contribution in [0.3, 0.4) is 0 Å². The molecule has 0 aliphatic carbocycles. The summed E-state index contributed by atoms with van der Waals surface area (Å²) in [6, 6.07) is 6.92. The molecule has 21 heavy (non-hydrogen) atoms. The molecule has 3 N–H and O–H groups in total. The molecule has 0 aliphatic rings. The number of carbonyl (C=O) groups excluding carboxylic acids is 1. The average molecular weight is 296 g/mol. The Morgan fingerprint density at radius 1 is 1.10 bits per heavy atom. The lowest BCUT2D eigenvalue weighted by atomic mass is 10.2. The van der Waals surface area contributed by atoms with Gasteiger partial charge in [-0.05, 0) is 18.6 Å². The van der Waals surface area contributed by atoms with E-state index in [0.717, 1.165) is 19.4 Å². The van der Waals surface area contributed by atoms with Crippen molar-refractivity contribution in [2.45, 2.75) is 19.8 Å². The van der Waals surface area contributed by atoms with Crippen LogP contribution in [-0.4, -0.2) is 38.9 Å². The topological polar surface area (TPSA) is 82.8 Å². The molecule has 0 aromatic heterocycles. The maximum atomic E-state index is 11.5. The maximum absolute atomic E-state index is 11.5. The first-order valence-electron chi connectivity index (χ1n) is 7.17. The molecule has 0 heterocycles. The predicted molar refractivity (Wildman–Crippen MR) is 80.1 cm³/mol. The highest BCUT2D eigenvalue weighted by Gasteiger charge is 2.10. The van der Waals surface area contributed by atoms with E-state index in [-0.39, 0.29) is 5.91 Å². The Morgan fingerprint density at radius 3 is 2.48 bits per heavy atom. The van der Waals surface area contributed by atoms with Gasteiger partial charge >= 0.3 is 0 Å². The first-order chi connectivity index (χ1) is 10.3. The van der Waals surface area contributed by atoms with Crippen molar-refractivity contribution in [1.82, 2.24) is 5.43 Å². The van der Waals surface area contributed by atoms with Crippen LogP contribution in [0.15, 0.2) is 24.3 Å². The molecule has 0 saturated heterocycles. The number of hydrogen-bond acceptors (Lipinski definition) is 5. The second kappa shape index (κ2) is 11.1. The summed E-state index contributed by atoms with van der Waals surface area (Å²) >= 11 is 0. The number of carbonyl (C=O) groups is 1. The van der Waals surface area contributed by atoms with Gasteiger partial charge < -0.3 is 14.2 Å². The van der Waals surface area contributed by atoms with Gasteiger partial charge in [-0.1, -0.05) is 25.5 Å². The van der Waals surface area contributed by atoms with E-state index >= 15 is 0 Å². The molecule has 0 radical (unpaired) electrons. The van der Waals surface area contributed by atoms with Crippen LogP contribution >= 0.6 is 0 Å². The van der Waals surface area contributed by atoms with E-state index in [0.29, 0.717) is 37.7 Å². The van der Waals surface area contributed by atoms with E-state index in [4.69, 9.17) is 20.1 Å². The Morgan fingerprint density at radius 2 is 1.76 bits per heavy atom. The minimum Gasteiger partial charge on any atom is -0.490 e. The van der Waals surface area contributed by atoms with E-state index in [9.17, 15) is 4.79 Å². The number of amides is 1. The first-order valence-corrected chi connectivity index (χ1v) is 7.17. The Hall–Kier alpha value is -1.63. The van der Waals surface area contributed by atoms with Crippen LogP contribution < -0.4 is 16.0 Å². The molecule has 1 amide bonds. The van der Waals surface area contributed by atoms with E-state index in [2.05, 4.69) is 12.3 Å². The van der Waals surface area contributed by atoms with Gasteiger partial charge in [0.15, 0.2) is 0 Å². The summed E-state index contributed by atoms with van der Waals surface area (Å²) in [7, 11) is 0. The van der Waals surface area contributed by atoms with Crippen molar-refractivity contribution in [1.29, 1.82) is 0 Å². The molecule has 1 aromatic rings. The number of hydrogen-bond donors (Lipinski definition) is 2. The Bertz CT molecular complexity index is 412. The molecule has 0 unspecified atom stereocenters. The second-order valence-electron chi connectivity index (χ2n) is 4.40. The normalized spacial score (nSPS) is 10.4. The van der Waals surface area contributed by atoms with Crippen molar-refractivity contribution in [3.05, 3.63) is 29.8 Å². The van der Waals surface area contributed by atoms with Gasteiger partial charge in [-0.3, -0.25) is 10.2 Å². The summed E-state index contributed by atoms with van der Waals surface area (Å²) in [5.41, 5.74) is 2.50. The van der Waals surface area contributed by atoms with Crippen molar-refractivity contribution in [3.8, 4) is 5.75 Å². The number of nitrogens with one attached hydrogen (secondary N) is 1. The number of para-hydroxylation sites is 1. The fourth-order valence-electron chi connectivity index (χ4n) is 1.64. The van der Waals surface area contributed by atoms with Gasteiger partial charge in [-0.25, -0.2) is 5.84 Å². The molecule has 0 aliphatic heterocycles. The fraction of sp³-hybridized carbons (Fsp3) is 0.533. The molecule has 0 saturated carbocycles. The van der Waals surface area contributed by atoms with Crippen LogP contribution in [-0.2, 0) is 9.47 Å². The van der Waals surface area contributed by atoms with Gasteiger partial charge in [0, 0.05) is 6.61 Å². The van der Waals surface area contributed by atoms with Crippen LogP contribution in [0.1, 0.15) is 30.1 Å². The number of hydrazine groups is 1. The molecule has 118 valence electrons. The highest BCUT2D eigenvalue weighted by Crippen LogP contribution is 2.17. The van der Waals surface area contributed by atoms with Crippen LogP contribution in [0.5, 0.6) is 5.75 Å². The highest BCUT2D eigenvalue weighted by molar-refractivity contribution is 5.96. The first kappa shape index (κ1) is 17.4. The third kappa shape index (κ3) is 7.08. The number of nitrogens with two attached hydrogens (primary N) is 1. The number of nitrogen functional groups attached to an aromatic ring is 1. The van der Waals surface area contributed by atoms with Crippen molar-refractivity contribution in [2.24, 2.45) is 5.84 Å². The smallest absolute Gasteiger partial charge is 0.268 e. The largest absolute Gasteiger partial charge is 0.490 e. The van der Waals surface area contributed by atoms with Gasteiger partial charge in [0.25, 0.3) is 5.91 Å². The highest BCUT2D eigenvalue weighted by atomic mass is 16.5. The van der Waals surface area contributed by atoms with Gasteiger partial charge in [0.05, 0.1) is 25.4 Å². The Kier molecular flexibility index (Phi) is 9.19. The summed E-state index contributed by atoms with van der Waals surface area (Å²) < 4.78 is 16.3. The quantitative estimate of drug-likeness (QED) is 0.280. The third-order valence-corrected chi connectivity index (χ3v) is 2.76. The summed E-state index contributed by atoms with van der Waals surface area (Å²) in [4.78, 5) is 11.5. The molecule has 1 rings (SSSR count). The van der Waals surface area contributed by atoms with Gasteiger partial charge in [-0.15, -0.1) is 0 Å². The van der Waals surface area contributed by atoms with Crippen molar-refractivity contribution in [3.63, 3.8) is 0 Å². The Labute approximate surface area is 125 Å². The molecule has 1 aromatic carbocycles. The molecule has 6 nitrogen and oxygen atoms in total. The van der Waals surface area contributed by atoms with E-state index in [1.165, 1.54) is 0 Å². The molecule has 0 fully saturated rings. The molecular weight excluding hydrogens is 272 g/mol. The summed E-state index contributed by atoms with van der Waals surface area (Å²) in [6.45, 7) is 4.83. The predicted octanol–water partition coefficient (Wildman–Crippen LogP) is 1.50. The zero-order valence-electron chi connectivity index (χ0n) is 12.5. The minimum absolute atomic E-state index is 0.365. The number of unbranched alkanes of at least 4 members (excludes halogenated alkanes) is 1. The molecular formula is C15H24N2O4. The Balaban J connectivity index is 2.17. The maximum Gasteiger partial charge on any atom is 0.268 e. The van der Waals surface area contributed by atoms with Crippen molar-refractivity contribution >= 4 is 5.91 Å². The molecule has 0 spiro atoms. The van der Waals surface area contributed by atoms with Crippen molar-refractivity contribution < 1.29 is 19.0 Å². The lowest BCUT2D eigenvalue weighted by Crippen LogP contribution is -2.30. The van der Waals surface area contributed by atoms with Crippen LogP contribution in [0.4, 0.5) is 0 Å². The summed E-state index contributed by atoms with van der Waals surface area (Å²) in [5.74, 6) is 5.23.